The number of nitrogens with one attached hydrogen (secondary N) is 1. The molecule has 18 heavy (non-hydrogen) atoms. The first-order valence-corrected chi connectivity index (χ1v) is 6.59. The van der Waals surface area contributed by atoms with Gasteiger partial charge in [-0.1, -0.05) is 20.8 Å². The molecule has 1 fully saturated rings. The average Bonchev–Trinajstić information content (AvgIpc) is 2.10. The van der Waals surface area contributed by atoms with Crippen molar-refractivity contribution < 1.29 is 9.59 Å². The highest BCUT2D eigenvalue weighted by atomic mass is 16.2. The van der Waals surface area contributed by atoms with Crippen LogP contribution in [0.4, 0.5) is 0 Å². The molecule has 0 saturated carbocycles. The Balaban J connectivity index is 3.03. The van der Waals surface area contributed by atoms with Crippen LogP contribution in [0.2, 0.25) is 0 Å². The summed E-state index contributed by atoms with van der Waals surface area (Å²) in [4.78, 5) is 25.9. The minimum absolute atomic E-state index is 0.0105. The topological polar surface area (TPSA) is 49.4 Å². The molecule has 104 valence electrons. The molecule has 1 aliphatic rings. The molecule has 0 aromatic carbocycles. The average molecular weight is 254 g/mol. The van der Waals surface area contributed by atoms with E-state index in [-0.39, 0.29) is 22.8 Å². The predicted molar refractivity (Wildman–Crippen MR) is 72.1 cm³/mol. The van der Waals surface area contributed by atoms with Crippen LogP contribution < -0.4 is 5.32 Å². The number of rotatable bonds is 2. The maximum atomic E-state index is 12.3. The third-order valence-electron chi connectivity index (χ3n) is 3.35. The van der Waals surface area contributed by atoms with E-state index >= 15 is 0 Å². The third kappa shape index (κ3) is 3.03. The van der Waals surface area contributed by atoms with Gasteiger partial charge in [0.2, 0.25) is 11.8 Å². The molecule has 0 radical (unpaired) electrons. The van der Waals surface area contributed by atoms with E-state index in [0.29, 0.717) is 0 Å². The molecule has 0 aliphatic carbocycles. The smallest absolute Gasteiger partial charge is 0.245 e. The molecule has 4 nitrogen and oxygen atoms in total. The molecule has 4 heteroatoms. The second kappa shape index (κ2) is 4.56. The molecule has 1 saturated heterocycles. The van der Waals surface area contributed by atoms with Crippen molar-refractivity contribution in [2.75, 3.05) is 0 Å². The molecule has 0 spiro atoms. The van der Waals surface area contributed by atoms with Crippen LogP contribution in [0.1, 0.15) is 54.9 Å². The van der Waals surface area contributed by atoms with Crippen molar-refractivity contribution in [1.82, 2.24) is 10.2 Å². The monoisotopic (exact) mass is 254 g/mol. The van der Waals surface area contributed by atoms with E-state index in [2.05, 4.69) is 26.1 Å². The van der Waals surface area contributed by atoms with Crippen LogP contribution >= 0.6 is 0 Å². The molecule has 0 aromatic heterocycles. The fourth-order valence-electron chi connectivity index (χ4n) is 3.12. The summed E-state index contributed by atoms with van der Waals surface area (Å²) < 4.78 is 0. The number of amides is 2. The van der Waals surface area contributed by atoms with E-state index in [1.807, 2.05) is 13.8 Å². The van der Waals surface area contributed by atoms with E-state index in [4.69, 9.17) is 0 Å². The second-order valence-corrected chi connectivity index (χ2v) is 7.16. The Kier molecular flexibility index (Phi) is 3.80. The van der Waals surface area contributed by atoms with Gasteiger partial charge in [0, 0.05) is 5.54 Å². The number of carbonyl (C=O) groups excluding carboxylic acids is 2. The normalized spacial score (nSPS) is 26.3. The van der Waals surface area contributed by atoms with Gasteiger partial charge in [-0.05, 0) is 39.5 Å². The quantitative estimate of drug-likeness (QED) is 0.818. The standard InChI is InChI=1S/C14H26N2O2/c1-9-12(18)16(10(2)11(17)15-9)14(6,7)8-13(3,4)5/h9-10H,8H2,1-7H3,(H,15,17). The lowest BCUT2D eigenvalue weighted by Gasteiger charge is -2.48. The van der Waals surface area contributed by atoms with Crippen LogP contribution in [0.5, 0.6) is 0 Å². The molecule has 2 unspecified atom stereocenters. The summed E-state index contributed by atoms with van der Waals surface area (Å²) in [6.45, 7) is 14.1. The van der Waals surface area contributed by atoms with Crippen LogP contribution in [0, 0.1) is 5.41 Å². The van der Waals surface area contributed by atoms with E-state index in [9.17, 15) is 9.59 Å². The van der Waals surface area contributed by atoms with Gasteiger partial charge in [0.05, 0.1) is 0 Å². The van der Waals surface area contributed by atoms with Crippen LogP contribution in [0.15, 0.2) is 0 Å². The van der Waals surface area contributed by atoms with Gasteiger partial charge >= 0.3 is 0 Å². The Morgan fingerprint density at radius 2 is 1.61 bits per heavy atom. The summed E-state index contributed by atoms with van der Waals surface area (Å²) in [6.07, 6.45) is 0.857. The third-order valence-corrected chi connectivity index (χ3v) is 3.35. The Morgan fingerprint density at radius 1 is 1.11 bits per heavy atom. The zero-order valence-corrected chi connectivity index (χ0v) is 12.6. The number of nitrogens with zero attached hydrogens (tertiary/aromatic N) is 1. The van der Waals surface area contributed by atoms with Gasteiger partial charge < -0.3 is 10.2 Å². The van der Waals surface area contributed by atoms with Crippen LogP contribution in [-0.4, -0.2) is 34.3 Å². The fourth-order valence-corrected chi connectivity index (χ4v) is 3.12. The van der Waals surface area contributed by atoms with Crippen LogP contribution in [-0.2, 0) is 9.59 Å². The molecule has 0 bridgehead atoms. The van der Waals surface area contributed by atoms with Gasteiger partial charge in [-0.2, -0.15) is 0 Å². The summed E-state index contributed by atoms with van der Waals surface area (Å²) in [5.41, 5.74) is -0.207. The van der Waals surface area contributed by atoms with E-state index in [1.165, 1.54) is 0 Å². The summed E-state index contributed by atoms with van der Waals surface area (Å²) in [6, 6.07) is -0.820. The minimum atomic E-state index is -0.423. The van der Waals surface area contributed by atoms with Gasteiger partial charge in [-0.15, -0.1) is 0 Å². The van der Waals surface area contributed by atoms with Gasteiger partial charge in [0.15, 0.2) is 0 Å². The Bertz CT molecular complexity index is 355. The number of hydrogen-bond acceptors (Lipinski definition) is 2. The van der Waals surface area contributed by atoms with Crippen molar-refractivity contribution in [3.8, 4) is 0 Å². The summed E-state index contributed by atoms with van der Waals surface area (Å²) in [5.74, 6) is -0.0552. The van der Waals surface area contributed by atoms with Crippen molar-refractivity contribution in [3.63, 3.8) is 0 Å². The fraction of sp³-hybridized carbons (Fsp3) is 0.857. The van der Waals surface area contributed by atoms with E-state index < -0.39 is 12.1 Å². The SMILES string of the molecule is CC1NC(=O)C(C)N(C(C)(C)CC(C)(C)C)C1=O. The highest BCUT2D eigenvalue weighted by Crippen LogP contribution is 2.33. The molecule has 1 heterocycles. The first-order valence-electron chi connectivity index (χ1n) is 6.59. The van der Waals surface area contributed by atoms with Crippen LogP contribution in [0.25, 0.3) is 0 Å². The van der Waals surface area contributed by atoms with Crippen molar-refractivity contribution in [1.29, 1.82) is 0 Å². The molecule has 1 N–H and O–H groups in total. The molecular formula is C14H26N2O2. The number of piperazine rings is 1. The Hall–Kier alpha value is -1.06. The number of hydrogen-bond donors (Lipinski definition) is 1. The van der Waals surface area contributed by atoms with Crippen molar-refractivity contribution in [3.05, 3.63) is 0 Å². The lowest BCUT2D eigenvalue weighted by Crippen LogP contribution is -2.67. The van der Waals surface area contributed by atoms with E-state index in [1.54, 1.807) is 18.7 Å². The van der Waals surface area contributed by atoms with Crippen molar-refractivity contribution in [2.45, 2.75) is 72.5 Å². The summed E-state index contributed by atoms with van der Waals surface area (Å²) >= 11 is 0. The van der Waals surface area contributed by atoms with Gasteiger partial charge in [-0.3, -0.25) is 9.59 Å². The molecule has 2 amide bonds. The van der Waals surface area contributed by atoms with Crippen molar-refractivity contribution in [2.24, 2.45) is 5.41 Å². The lowest BCUT2D eigenvalue weighted by molar-refractivity contribution is -0.155. The summed E-state index contributed by atoms with van der Waals surface area (Å²) in [7, 11) is 0. The predicted octanol–water partition coefficient (Wildman–Crippen LogP) is 1.94. The van der Waals surface area contributed by atoms with Crippen molar-refractivity contribution >= 4 is 11.8 Å². The first-order chi connectivity index (χ1) is 7.96. The first kappa shape index (κ1) is 15.0. The Morgan fingerprint density at radius 3 is 2.06 bits per heavy atom. The molecule has 1 rings (SSSR count). The summed E-state index contributed by atoms with van der Waals surface area (Å²) in [5, 5.41) is 2.71. The van der Waals surface area contributed by atoms with Gasteiger partial charge in [0.25, 0.3) is 0 Å². The van der Waals surface area contributed by atoms with Crippen LogP contribution in [0.3, 0.4) is 0 Å². The zero-order chi connectivity index (χ0) is 14.3. The molecule has 1 aliphatic heterocycles. The molecule has 2 atom stereocenters. The maximum Gasteiger partial charge on any atom is 0.245 e. The Labute approximate surface area is 110 Å². The largest absolute Gasteiger partial charge is 0.343 e. The second-order valence-electron chi connectivity index (χ2n) is 7.16. The lowest BCUT2D eigenvalue weighted by atomic mass is 9.79. The maximum absolute atomic E-state index is 12.3. The number of carbonyl (C=O) groups is 2. The molecule has 0 aromatic rings. The van der Waals surface area contributed by atoms with Gasteiger partial charge in [-0.25, -0.2) is 0 Å². The highest BCUT2D eigenvalue weighted by Gasteiger charge is 2.44. The zero-order valence-electron chi connectivity index (χ0n) is 12.6. The van der Waals surface area contributed by atoms with Gasteiger partial charge in [0.1, 0.15) is 12.1 Å². The minimum Gasteiger partial charge on any atom is -0.343 e. The molecular weight excluding hydrogens is 228 g/mol. The van der Waals surface area contributed by atoms with E-state index in [0.717, 1.165) is 6.42 Å². The highest BCUT2D eigenvalue weighted by molar-refractivity contribution is 5.96.